The lowest BCUT2D eigenvalue weighted by Gasteiger charge is -2.08. The second kappa shape index (κ2) is 5.85. The number of H-pyrrole nitrogens is 1. The summed E-state index contributed by atoms with van der Waals surface area (Å²) in [6.07, 6.45) is 2.03. The van der Waals surface area contributed by atoms with Crippen molar-refractivity contribution in [3.63, 3.8) is 0 Å². The molecule has 0 bridgehead atoms. The summed E-state index contributed by atoms with van der Waals surface area (Å²) in [7, 11) is 0. The van der Waals surface area contributed by atoms with E-state index in [9.17, 15) is 4.79 Å². The van der Waals surface area contributed by atoms with Crippen molar-refractivity contribution in [3.8, 4) is 0 Å². The Morgan fingerprint density at radius 2 is 2.30 bits per heavy atom. The normalized spacial score (nSPS) is 18.6. The molecule has 0 aliphatic carbocycles. The van der Waals surface area contributed by atoms with Crippen molar-refractivity contribution in [2.24, 2.45) is 5.92 Å². The Balaban J connectivity index is 1.64. The first-order valence-corrected chi connectivity index (χ1v) is 7.25. The van der Waals surface area contributed by atoms with Crippen molar-refractivity contribution in [2.45, 2.75) is 12.8 Å². The molecule has 1 amide bonds. The molecule has 20 heavy (non-hydrogen) atoms. The summed E-state index contributed by atoms with van der Waals surface area (Å²) in [6.45, 7) is 2.30. The predicted octanol–water partition coefficient (Wildman–Crippen LogP) is 2.98. The number of aromatic amines is 1. The lowest BCUT2D eigenvalue weighted by atomic mass is 10.1. The van der Waals surface area contributed by atoms with Gasteiger partial charge in [-0.25, -0.2) is 0 Å². The molecule has 1 aromatic carbocycles. The van der Waals surface area contributed by atoms with Crippen LogP contribution in [0.2, 0.25) is 5.02 Å². The van der Waals surface area contributed by atoms with E-state index in [2.05, 4.69) is 10.3 Å². The SMILES string of the molecule is O=C(NCC[C@@H]1CCOC1)c1[nH]c2ccccc2c1Cl. The maximum atomic E-state index is 12.2. The second-order valence-electron chi connectivity index (χ2n) is 5.13. The van der Waals surface area contributed by atoms with Gasteiger partial charge in [-0.2, -0.15) is 0 Å². The standard InChI is InChI=1S/C15H17ClN2O2/c16-13-11-3-1-2-4-12(11)18-14(13)15(19)17-7-5-10-6-8-20-9-10/h1-4,10,18H,5-9H2,(H,17,19)/t10-/m1/s1. The smallest absolute Gasteiger partial charge is 0.269 e. The van der Waals surface area contributed by atoms with E-state index in [0.717, 1.165) is 37.0 Å². The van der Waals surface area contributed by atoms with Crippen LogP contribution in [0.25, 0.3) is 10.9 Å². The van der Waals surface area contributed by atoms with Gasteiger partial charge in [0.2, 0.25) is 0 Å². The molecule has 1 aliphatic heterocycles. The maximum absolute atomic E-state index is 12.2. The number of aromatic nitrogens is 1. The zero-order valence-electron chi connectivity index (χ0n) is 11.1. The van der Waals surface area contributed by atoms with Gasteiger partial charge in [-0.1, -0.05) is 29.8 Å². The van der Waals surface area contributed by atoms with Crippen LogP contribution in [0.5, 0.6) is 0 Å². The molecular formula is C15H17ClN2O2. The predicted molar refractivity (Wildman–Crippen MR) is 79.2 cm³/mol. The number of ether oxygens (including phenoxy) is 1. The first-order valence-electron chi connectivity index (χ1n) is 6.88. The van der Waals surface area contributed by atoms with Gasteiger partial charge >= 0.3 is 0 Å². The van der Waals surface area contributed by atoms with Crippen LogP contribution in [0.4, 0.5) is 0 Å². The molecule has 2 heterocycles. The minimum Gasteiger partial charge on any atom is -0.381 e. The van der Waals surface area contributed by atoms with Gasteiger partial charge in [0.15, 0.2) is 0 Å². The molecule has 1 aromatic heterocycles. The summed E-state index contributed by atoms with van der Waals surface area (Å²) in [5.41, 5.74) is 1.32. The fourth-order valence-electron chi connectivity index (χ4n) is 2.55. The number of rotatable bonds is 4. The largest absolute Gasteiger partial charge is 0.381 e. The molecule has 2 N–H and O–H groups in total. The van der Waals surface area contributed by atoms with Gasteiger partial charge in [0.05, 0.1) is 5.02 Å². The second-order valence-corrected chi connectivity index (χ2v) is 5.51. The molecule has 0 unspecified atom stereocenters. The number of hydrogen-bond donors (Lipinski definition) is 2. The van der Waals surface area contributed by atoms with Crippen LogP contribution in [0.1, 0.15) is 23.3 Å². The Labute approximate surface area is 122 Å². The summed E-state index contributed by atoms with van der Waals surface area (Å²) in [6, 6.07) is 7.63. The number of carbonyl (C=O) groups excluding carboxylic acids is 1. The molecule has 1 atom stereocenters. The highest BCUT2D eigenvalue weighted by Crippen LogP contribution is 2.27. The summed E-state index contributed by atoms with van der Waals surface area (Å²) < 4.78 is 5.32. The number of hydrogen-bond acceptors (Lipinski definition) is 2. The van der Waals surface area contributed by atoms with Crippen LogP contribution in [-0.2, 0) is 4.74 Å². The molecule has 0 spiro atoms. The molecule has 5 heteroatoms. The van der Waals surface area contributed by atoms with Gasteiger partial charge in [-0.15, -0.1) is 0 Å². The number of para-hydroxylation sites is 1. The van der Waals surface area contributed by atoms with E-state index in [1.54, 1.807) is 0 Å². The van der Waals surface area contributed by atoms with E-state index in [4.69, 9.17) is 16.3 Å². The van der Waals surface area contributed by atoms with Crippen molar-refractivity contribution in [2.75, 3.05) is 19.8 Å². The number of carbonyl (C=O) groups is 1. The van der Waals surface area contributed by atoms with Crippen LogP contribution in [0, 0.1) is 5.92 Å². The molecule has 1 fully saturated rings. The van der Waals surface area contributed by atoms with Crippen molar-refractivity contribution in [1.82, 2.24) is 10.3 Å². The first-order chi connectivity index (χ1) is 9.75. The average Bonchev–Trinajstić information content (AvgIpc) is 3.08. The Morgan fingerprint density at radius 1 is 1.45 bits per heavy atom. The summed E-state index contributed by atoms with van der Waals surface area (Å²) >= 11 is 6.25. The zero-order chi connectivity index (χ0) is 13.9. The quantitative estimate of drug-likeness (QED) is 0.910. The van der Waals surface area contributed by atoms with Crippen LogP contribution < -0.4 is 5.32 Å². The van der Waals surface area contributed by atoms with Gasteiger partial charge in [-0.3, -0.25) is 4.79 Å². The average molecular weight is 293 g/mol. The minimum absolute atomic E-state index is 0.148. The van der Waals surface area contributed by atoms with Gasteiger partial charge in [0.1, 0.15) is 5.69 Å². The zero-order valence-corrected chi connectivity index (χ0v) is 11.9. The number of nitrogens with one attached hydrogen (secondary N) is 2. The molecule has 4 nitrogen and oxygen atoms in total. The summed E-state index contributed by atoms with van der Waals surface area (Å²) in [5.74, 6) is 0.415. The van der Waals surface area contributed by atoms with Crippen molar-refractivity contribution >= 4 is 28.4 Å². The first kappa shape index (κ1) is 13.5. The highest BCUT2D eigenvalue weighted by atomic mass is 35.5. The molecule has 1 aliphatic rings. The third kappa shape index (κ3) is 2.67. The third-order valence-corrected chi connectivity index (χ3v) is 4.12. The van der Waals surface area contributed by atoms with Crippen LogP contribution in [-0.4, -0.2) is 30.6 Å². The van der Waals surface area contributed by atoms with Gasteiger partial charge in [-0.05, 0) is 24.8 Å². The topological polar surface area (TPSA) is 54.1 Å². The third-order valence-electron chi connectivity index (χ3n) is 3.73. The van der Waals surface area contributed by atoms with Gasteiger partial charge < -0.3 is 15.0 Å². The highest BCUT2D eigenvalue weighted by Gasteiger charge is 2.18. The van der Waals surface area contributed by atoms with E-state index in [-0.39, 0.29) is 5.91 Å². The van der Waals surface area contributed by atoms with E-state index < -0.39 is 0 Å². The van der Waals surface area contributed by atoms with E-state index in [0.29, 0.717) is 23.2 Å². The van der Waals surface area contributed by atoms with E-state index in [1.165, 1.54) is 0 Å². The summed E-state index contributed by atoms with van der Waals surface area (Å²) in [5, 5.41) is 4.28. The Bertz CT molecular complexity index is 617. The molecule has 3 rings (SSSR count). The fraction of sp³-hybridized carbons (Fsp3) is 0.400. The lowest BCUT2D eigenvalue weighted by Crippen LogP contribution is -2.26. The van der Waals surface area contributed by atoms with Gasteiger partial charge in [0.25, 0.3) is 5.91 Å². The Hall–Kier alpha value is -1.52. The lowest BCUT2D eigenvalue weighted by molar-refractivity contribution is 0.0946. The van der Waals surface area contributed by atoms with E-state index in [1.807, 2.05) is 24.3 Å². The fourth-order valence-corrected chi connectivity index (χ4v) is 2.85. The number of halogens is 1. The van der Waals surface area contributed by atoms with Crippen molar-refractivity contribution in [1.29, 1.82) is 0 Å². The monoisotopic (exact) mass is 292 g/mol. The van der Waals surface area contributed by atoms with Crippen LogP contribution in [0.3, 0.4) is 0 Å². The van der Waals surface area contributed by atoms with Crippen LogP contribution >= 0.6 is 11.6 Å². The molecule has 0 saturated carbocycles. The number of amides is 1. The number of fused-ring (bicyclic) bond motifs is 1. The van der Waals surface area contributed by atoms with Crippen LogP contribution in [0.15, 0.2) is 24.3 Å². The van der Waals surface area contributed by atoms with E-state index >= 15 is 0 Å². The minimum atomic E-state index is -0.148. The molecular weight excluding hydrogens is 276 g/mol. The number of benzene rings is 1. The summed E-state index contributed by atoms with van der Waals surface area (Å²) in [4.78, 5) is 15.2. The van der Waals surface area contributed by atoms with Crippen molar-refractivity contribution in [3.05, 3.63) is 35.0 Å². The van der Waals surface area contributed by atoms with Gasteiger partial charge in [0, 0.05) is 30.7 Å². The molecule has 1 saturated heterocycles. The Morgan fingerprint density at radius 3 is 3.05 bits per heavy atom. The highest BCUT2D eigenvalue weighted by molar-refractivity contribution is 6.38. The molecule has 2 aromatic rings. The van der Waals surface area contributed by atoms with Crippen molar-refractivity contribution < 1.29 is 9.53 Å². The maximum Gasteiger partial charge on any atom is 0.269 e. The molecule has 106 valence electrons. The Kier molecular flexibility index (Phi) is 3.94. The molecule has 0 radical (unpaired) electrons.